The number of carboxylic acid groups (broad SMARTS) is 1. The molecule has 4 nitrogen and oxygen atoms in total. The molecule has 66 valence electrons. The highest BCUT2D eigenvalue weighted by Gasteiger charge is 2.10. The van der Waals surface area contributed by atoms with Crippen molar-refractivity contribution in [2.24, 2.45) is 7.05 Å². The summed E-state index contributed by atoms with van der Waals surface area (Å²) in [6, 6.07) is 5.13. The molecule has 0 amide bonds. The van der Waals surface area contributed by atoms with Crippen molar-refractivity contribution >= 4 is 16.9 Å². The van der Waals surface area contributed by atoms with Crippen molar-refractivity contribution in [2.75, 3.05) is 0 Å². The predicted octanol–water partition coefficient (Wildman–Crippen LogP) is 1.27. The number of hydrogen-bond donors (Lipinski definition) is 1. The molecule has 4 heteroatoms. The third-order valence-corrected chi connectivity index (χ3v) is 1.99. The van der Waals surface area contributed by atoms with Crippen LogP contribution in [0, 0.1) is 0 Å². The highest BCUT2D eigenvalue weighted by Crippen LogP contribution is 2.17. The Morgan fingerprint density at radius 3 is 3.00 bits per heavy atom. The summed E-state index contributed by atoms with van der Waals surface area (Å²) in [7, 11) is 1.73. The summed E-state index contributed by atoms with van der Waals surface area (Å²) in [6.45, 7) is 0. The Hall–Kier alpha value is -1.84. The molecular formula is C9H8N2O2. The van der Waals surface area contributed by atoms with E-state index < -0.39 is 5.97 Å². The summed E-state index contributed by atoms with van der Waals surface area (Å²) in [5.74, 6) is -0.922. The van der Waals surface area contributed by atoms with E-state index in [9.17, 15) is 4.79 Å². The number of carbonyl (C=O) groups is 1. The Kier molecular flexibility index (Phi) is 1.55. The molecule has 0 aliphatic heterocycles. The standard InChI is InChI=1S/C9H8N2O2/c1-11-8-6(5-10-11)3-2-4-7(8)9(12)13/h2-5H,1H3,(H,12,13). The molecule has 1 aromatic heterocycles. The van der Waals surface area contributed by atoms with Gasteiger partial charge in [0.2, 0.25) is 0 Å². The quantitative estimate of drug-likeness (QED) is 0.711. The lowest BCUT2D eigenvalue weighted by molar-refractivity contribution is 0.0698. The maximum atomic E-state index is 10.8. The van der Waals surface area contributed by atoms with Gasteiger partial charge in [-0.25, -0.2) is 4.79 Å². The molecule has 0 unspecified atom stereocenters. The zero-order valence-electron chi connectivity index (χ0n) is 7.06. The van der Waals surface area contributed by atoms with E-state index in [0.29, 0.717) is 5.52 Å². The van der Waals surface area contributed by atoms with Crippen molar-refractivity contribution in [3.63, 3.8) is 0 Å². The third-order valence-electron chi connectivity index (χ3n) is 1.99. The zero-order valence-corrected chi connectivity index (χ0v) is 7.06. The molecule has 2 aromatic rings. The fourth-order valence-electron chi connectivity index (χ4n) is 1.41. The number of benzene rings is 1. The van der Waals surface area contributed by atoms with Gasteiger partial charge in [-0.1, -0.05) is 12.1 Å². The first kappa shape index (κ1) is 7.79. The Balaban J connectivity index is 2.88. The average molecular weight is 176 g/mol. The molecular weight excluding hydrogens is 168 g/mol. The van der Waals surface area contributed by atoms with Crippen LogP contribution in [0.2, 0.25) is 0 Å². The van der Waals surface area contributed by atoms with Gasteiger partial charge in [0.1, 0.15) is 0 Å². The highest BCUT2D eigenvalue weighted by molar-refractivity contribution is 6.01. The predicted molar refractivity (Wildman–Crippen MR) is 47.7 cm³/mol. The topological polar surface area (TPSA) is 55.1 Å². The first-order valence-electron chi connectivity index (χ1n) is 3.84. The number of carboxylic acids is 1. The van der Waals surface area contributed by atoms with Gasteiger partial charge < -0.3 is 5.11 Å². The molecule has 0 aliphatic carbocycles. The summed E-state index contributed by atoms with van der Waals surface area (Å²) in [4.78, 5) is 10.8. The second kappa shape index (κ2) is 2.58. The Bertz CT molecular complexity index is 473. The fraction of sp³-hybridized carbons (Fsp3) is 0.111. The number of hydrogen-bond acceptors (Lipinski definition) is 2. The molecule has 0 spiro atoms. The maximum Gasteiger partial charge on any atom is 0.337 e. The summed E-state index contributed by atoms with van der Waals surface area (Å²) in [5, 5.41) is 13.7. The van der Waals surface area contributed by atoms with Crippen LogP contribution in [0.15, 0.2) is 24.4 Å². The lowest BCUT2D eigenvalue weighted by Crippen LogP contribution is -2.00. The van der Waals surface area contributed by atoms with Gasteiger partial charge in [0.25, 0.3) is 0 Å². The van der Waals surface area contributed by atoms with E-state index in [1.165, 1.54) is 0 Å². The van der Waals surface area contributed by atoms with Crippen LogP contribution in [0.1, 0.15) is 10.4 Å². The minimum absolute atomic E-state index is 0.289. The van der Waals surface area contributed by atoms with Crippen molar-refractivity contribution in [3.05, 3.63) is 30.0 Å². The van der Waals surface area contributed by atoms with Gasteiger partial charge in [0.15, 0.2) is 0 Å². The molecule has 0 radical (unpaired) electrons. The zero-order chi connectivity index (χ0) is 9.42. The molecule has 0 bridgehead atoms. The van der Waals surface area contributed by atoms with E-state index in [2.05, 4.69) is 5.10 Å². The molecule has 0 aliphatic rings. The number of fused-ring (bicyclic) bond motifs is 1. The van der Waals surface area contributed by atoms with Gasteiger partial charge in [-0.05, 0) is 6.07 Å². The van der Waals surface area contributed by atoms with Crippen molar-refractivity contribution < 1.29 is 9.90 Å². The first-order chi connectivity index (χ1) is 6.20. The summed E-state index contributed by atoms with van der Waals surface area (Å²) in [5.41, 5.74) is 0.951. The fourth-order valence-corrected chi connectivity index (χ4v) is 1.41. The second-order valence-electron chi connectivity index (χ2n) is 2.82. The van der Waals surface area contributed by atoms with Crippen molar-refractivity contribution in [3.8, 4) is 0 Å². The largest absolute Gasteiger partial charge is 0.478 e. The van der Waals surface area contributed by atoms with Crippen LogP contribution in [0.4, 0.5) is 0 Å². The second-order valence-corrected chi connectivity index (χ2v) is 2.82. The SMILES string of the molecule is Cn1ncc2cccc(C(=O)O)c21. The van der Waals surface area contributed by atoms with Gasteiger partial charge in [0.05, 0.1) is 17.3 Å². The molecule has 0 fully saturated rings. The molecule has 13 heavy (non-hydrogen) atoms. The molecule has 2 rings (SSSR count). The number of rotatable bonds is 1. The van der Waals surface area contributed by atoms with Gasteiger partial charge in [-0.3, -0.25) is 4.68 Å². The van der Waals surface area contributed by atoms with Crippen LogP contribution in [0.5, 0.6) is 0 Å². The van der Waals surface area contributed by atoms with Crippen molar-refractivity contribution in [1.82, 2.24) is 9.78 Å². The molecule has 1 N–H and O–H groups in total. The van der Waals surface area contributed by atoms with Crippen LogP contribution in [-0.2, 0) is 7.05 Å². The van der Waals surface area contributed by atoms with E-state index in [4.69, 9.17) is 5.11 Å². The van der Waals surface area contributed by atoms with Crippen LogP contribution in [-0.4, -0.2) is 20.9 Å². The number of aromatic nitrogens is 2. The van der Waals surface area contributed by atoms with E-state index in [1.807, 2.05) is 6.07 Å². The smallest absolute Gasteiger partial charge is 0.337 e. The molecule has 0 saturated heterocycles. The summed E-state index contributed by atoms with van der Waals surface area (Å²) < 4.78 is 1.57. The van der Waals surface area contributed by atoms with E-state index in [0.717, 1.165) is 5.39 Å². The number of para-hydroxylation sites is 1. The van der Waals surface area contributed by atoms with Crippen molar-refractivity contribution in [2.45, 2.75) is 0 Å². The molecule has 1 aromatic carbocycles. The lowest BCUT2D eigenvalue weighted by atomic mass is 10.1. The number of aromatic carboxylic acids is 1. The highest BCUT2D eigenvalue weighted by atomic mass is 16.4. The Morgan fingerprint density at radius 1 is 1.54 bits per heavy atom. The Morgan fingerprint density at radius 2 is 2.31 bits per heavy atom. The van der Waals surface area contributed by atoms with E-state index in [-0.39, 0.29) is 5.56 Å². The Labute approximate surface area is 74.4 Å². The molecule has 1 heterocycles. The normalized spacial score (nSPS) is 10.5. The number of nitrogens with zero attached hydrogens (tertiary/aromatic N) is 2. The van der Waals surface area contributed by atoms with Gasteiger partial charge in [-0.2, -0.15) is 5.10 Å². The van der Waals surface area contributed by atoms with Crippen LogP contribution in [0.25, 0.3) is 10.9 Å². The summed E-state index contributed by atoms with van der Waals surface area (Å²) in [6.07, 6.45) is 1.65. The van der Waals surface area contributed by atoms with E-state index in [1.54, 1.807) is 30.1 Å². The minimum atomic E-state index is -0.922. The monoisotopic (exact) mass is 176 g/mol. The van der Waals surface area contributed by atoms with Crippen LogP contribution < -0.4 is 0 Å². The lowest BCUT2D eigenvalue weighted by Gasteiger charge is -1.98. The van der Waals surface area contributed by atoms with Gasteiger partial charge >= 0.3 is 5.97 Å². The number of aryl methyl sites for hydroxylation is 1. The maximum absolute atomic E-state index is 10.8. The van der Waals surface area contributed by atoms with Crippen LogP contribution >= 0.6 is 0 Å². The minimum Gasteiger partial charge on any atom is -0.478 e. The third kappa shape index (κ3) is 1.07. The average Bonchev–Trinajstić information content (AvgIpc) is 2.48. The molecule has 0 saturated carbocycles. The van der Waals surface area contributed by atoms with Crippen LogP contribution in [0.3, 0.4) is 0 Å². The first-order valence-corrected chi connectivity index (χ1v) is 3.84. The van der Waals surface area contributed by atoms with Gasteiger partial charge in [0, 0.05) is 12.4 Å². The van der Waals surface area contributed by atoms with Crippen molar-refractivity contribution in [1.29, 1.82) is 0 Å². The summed E-state index contributed by atoms with van der Waals surface area (Å²) >= 11 is 0. The van der Waals surface area contributed by atoms with Gasteiger partial charge in [-0.15, -0.1) is 0 Å². The molecule has 0 atom stereocenters. The van der Waals surface area contributed by atoms with E-state index >= 15 is 0 Å².